The molecule has 1 aromatic carbocycles. The number of imidazole rings is 1. The number of rotatable bonds is 4. The molecule has 3 nitrogen and oxygen atoms in total. The quantitative estimate of drug-likeness (QED) is 0.846. The molecular weight excluding hydrogens is 326 g/mol. The molecule has 0 unspecified atom stereocenters. The molecule has 4 heteroatoms. The Balaban J connectivity index is 1.50. The van der Waals surface area contributed by atoms with Crippen molar-refractivity contribution in [2.45, 2.75) is 50.5 Å². The third kappa shape index (κ3) is 2.53. The van der Waals surface area contributed by atoms with Gasteiger partial charge in [-0.2, -0.15) is 0 Å². The molecule has 0 atom stereocenters. The van der Waals surface area contributed by atoms with Gasteiger partial charge in [-0.1, -0.05) is 36.5 Å². The first-order valence-electron chi connectivity index (χ1n) is 9.52. The second kappa shape index (κ2) is 5.66. The Morgan fingerprint density at radius 2 is 1.76 bits per heavy atom. The molecule has 4 aliphatic carbocycles. The van der Waals surface area contributed by atoms with Crippen LogP contribution in [0.4, 0.5) is 0 Å². The van der Waals surface area contributed by atoms with Gasteiger partial charge >= 0.3 is 0 Å². The van der Waals surface area contributed by atoms with Crippen LogP contribution in [0.25, 0.3) is 0 Å². The number of nitrogens with two attached hydrogens (primary N) is 1. The monoisotopic (exact) mass is 351 g/mol. The van der Waals surface area contributed by atoms with Crippen molar-refractivity contribution in [3.05, 3.63) is 53.6 Å². The number of hydrogen-bond acceptors (Lipinski definition) is 2. The topological polar surface area (TPSA) is 43.8 Å². The van der Waals surface area contributed by atoms with Gasteiger partial charge in [0.15, 0.2) is 0 Å². The zero-order chi connectivity index (χ0) is 17.0. The summed E-state index contributed by atoms with van der Waals surface area (Å²) in [4.78, 5) is 5.35. The van der Waals surface area contributed by atoms with Crippen LogP contribution in [0, 0.1) is 17.8 Å². The summed E-state index contributed by atoms with van der Waals surface area (Å²) in [5, 5.41) is 0. The summed E-state index contributed by atoms with van der Waals surface area (Å²) in [7, 11) is 0. The highest BCUT2D eigenvalue weighted by Gasteiger charge is 2.53. The van der Waals surface area contributed by atoms with Crippen molar-refractivity contribution in [2.75, 3.05) is 0 Å². The Morgan fingerprint density at radius 3 is 2.40 bits per heavy atom. The van der Waals surface area contributed by atoms with E-state index in [1.54, 1.807) is 0 Å². The number of thiocarbonyl (C=S) groups is 1. The summed E-state index contributed by atoms with van der Waals surface area (Å²) >= 11 is 5.25. The van der Waals surface area contributed by atoms with Gasteiger partial charge in [0, 0.05) is 29.9 Å². The molecule has 1 aromatic heterocycles. The molecule has 0 spiro atoms. The van der Waals surface area contributed by atoms with E-state index in [2.05, 4.69) is 22.9 Å². The fourth-order valence-corrected chi connectivity index (χ4v) is 6.56. The first-order chi connectivity index (χ1) is 12.1. The first-order valence-corrected chi connectivity index (χ1v) is 9.93. The van der Waals surface area contributed by atoms with Crippen LogP contribution in [-0.2, 0) is 12.0 Å². The van der Waals surface area contributed by atoms with Crippen LogP contribution < -0.4 is 5.73 Å². The minimum Gasteiger partial charge on any atom is -0.389 e. The molecule has 0 amide bonds. The van der Waals surface area contributed by atoms with Gasteiger partial charge in [-0.15, -0.1) is 0 Å². The Kier molecular flexibility index (Phi) is 3.53. The molecule has 6 rings (SSSR count). The van der Waals surface area contributed by atoms with E-state index in [9.17, 15) is 0 Å². The summed E-state index contributed by atoms with van der Waals surface area (Å²) in [6.45, 7) is 0.810. The molecule has 1 heterocycles. The lowest BCUT2D eigenvalue weighted by atomic mass is 9.49. The van der Waals surface area contributed by atoms with E-state index in [0.29, 0.717) is 10.4 Å². The SMILES string of the molecule is NC(=S)c1ccccc1Cn1ccnc1C12CC3CC(CC(C3)C1)C2. The molecule has 4 bridgehead atoms. The molecule has 0 saturated heterocycles. The van der Waals surface area contributed by atoms with Crippen LogP contribution in [0.1, 0.15) is 55.5 Å². The number of aromatic nitrogens is 2. The lowest BCUT2D eigenvalue weighted by Crippen LogP contribution is -2.49. The van der Waals surface area contributed by atoms with Crippen LogP contribution in [0.15, 0.2) is 36.7 Å². The third-order valence-corrected chi connectivity index (χ3v) is 7.07. The Morgan fingerprint density at radius 1 is 1.12 bits per heavy atom. The van der Waals surface area contributed by atoms with Crippen LogP contribution in [0.2, 0.25) is 0 Å². The predicted molar refractivity (Wildman–Crippen MR) is 104 cm³/mol. The van der Waals surface area contributed by atoms with E-state index in [1.807, 2.05) is 18.3 Å². The molecule has 0 radical (unpaired) electrons. The lowest BCUT2D eigenvalue weighted by molar-refractivity contribution is -0.0108. The molecule has 4 fully saturated rings. The van der Waals surface area contributed by atoms with E-state index in [4.69, 9.17) is 22.9 Å². The fraction of sp³-hybridized carbons (Fsp3) is 0.524. The van der Waals surface area contributed by atoms with Crippen molar-refractivity contribution in [2.24, 2.45) is 23.5 Å². The molecule has 0 aliphatic heterocycles. The summed E-state index contributed by atoms with van der Waals surface area (Å²) < 4.78 is 2.37. The van der Waals surface area contributed by atoms with Crippen molar-refractivity contribution < 1.29 is 0 Å². The standard InChI is InChI=1S/C21H25N3S/c22-19(25)18-4-2-1-3-17(18)13-24-6-5-23-20(24)21-10-14-7-15(11-21)9-16(8-14)12-21/h1-6,14-16H,7-13H2,(H2,22,25). The summed E-state index contributed by atoms with van der Waals surface area (Å²) in [6.07, 6.45) is 12.5. The Bertz CT molecular complexity index is 787. The normalized spacial score (nSPS) is 32.9. The van der Waals surface area contributed by atoms with Gasteiger partial charge < -0.3 is 10.3 Å². The minimum atomic E-state index is 0.316. The van der Waals surface area contributed by atoms with Gasteiger partial charge in [-0.3, -0.25) is 0 Å². The first kappa shape index (κ1) is 15.6. The zero-order valence-electron chi connectivity index (χ0n) is 14.5. The van der Waals surface area contributed by atoms with Crippen molar-refractivity contribution in [1.82, 2.24) is 9.55 Å². The molecule has 130 valence electrons. The van der Waals surface area contributed by atoms with Crippen LogP contribution in [0.3, 0.4) is 0 Å². The molecule has 25 heavy (non-hydrogen) atoms. The van der Waals surface area contributed by atoms with Gasteiger partial charge in [-0.25, -0.2) is 4.98 Å². The predicted octanol–water partition coefficient (Wildman–Crippen LogP) is 4.03. The van der Waals surface area contributed by atoms with E-state index in [0.717, 1.165) is 29.9 Å². The maximum absolute atomic E-state index is 5.93. The average Bonchev–Trinajstić information content (AvgIpc) is 3.03. The largest absolute Gasteiger partial charge is 0.389 e. The van der Waals surface area contributed by atoms with Gasteiger partial charge in [0.05, 0.1) is 0 Å². The minimum absolute atomic E-state index is 0.316. The summed E-state index contributed by atoms with van der Waals surface area (Å²) in [5.41, 5.74) is 8.43. The van der Waals surface area contributed by atoms with Crippen molar-refractivity contribution in [3.8, 4) is 0 Å². The highest BCUT2D eigenvalue weighted by atomic mass is 32.1. The molecule has 4 saturated carbocycles. The smallest absolute Gasteiger partial charge is 0.115 e. The van der Waals surface area contributed by atoms with Gasteiger partial charge in [-0.05, 0) is 61.8 Å². The number of hydrogen-bond donors (Lipinski definition) is 1. The van der Waals surface area contributed by atoms with Crippen LogP contribution >= 0.6 is 12.2 Å². The van der Waals surface area contributed by atoms with Gasteiger partial charge in [0.1, 0.15) is 10.8 Å². The summed E-state index contributed by atoms with van der Waals surface area (Å²) in [5.74, 6) is 4.10. The van der Waals surface area contributed by atoms with E-state index >= 15 is 0 Å². The van der Waals surface area contributed by atoms with E-state index < -0.39 is 0 Å². The van der Waals surface area contributed by atoms with E-state index in [-0.39, 0.29) is 0 Å². The Hall–Kier alpha value is -1.68. The second-order valence-electron chi connectivity index (χ2n) is 8.60. The highest BCUT2D eigenvalue weighted by molar-refractivity contribution is 7.80. The maximum Gasteiger partial charge on any atom is 0.115 e. The highest BCUT2D eigenvalue weighted by Crippen LogP contribution is 2.60. The number of benzene rings is 1. The molecular formula is C21H25N3S. The number of nitrogens with zero attached hydrogens (tertiary/aromatic N) is 2. The molecule has 4 aliphatic rings. The third-order valence-electron chi connectivity index (χ3n) is 6.85. The average molecular weight is 352 g/mol. The van der Waals surface area contributed by atoms with Gasteiger partial charge in [0.25, 0.3) is 0 Å². The fourth-order valence-electron chi connectivity index (χ4n) is 6.36. The van der Waals surface area contributed by atoms with Crippen LogP contribution in [-0.4, -0.2) is 14.5 Å². The molecule has 2 N–H and O–H groups in total. The molecule has 2 aromatic rings. The van der Waals surface area contributed by atoms with Crippen molar-refractivity contribution >= 4 is 17.2 Å². The lowest BCUT2D eigenvalue weighted by Gasteiger charge is -2.56. The van der Waals surface area contributed by atoms with Crippen molar-refractivity contribution in [3.63, 3.8) is 0 Å². The van der Waals surface area contributed by atoms with Crippen LogP contribution in [0.5, 0.6) is 0 Å². The maximum atomic E-state index is 5.93. The Labute approximate surface area is 154 Å². The van der Waals surface area contributed by atoms with E-state index in [1.165, 1.54) is 49.9 Å². The van der Waals surface area contributed by atoms with Crippen molar-refractivity contribution in [1.29, 1.82) is 0 Å². The second-order valence-corrected chi connectivity index (χ2v) is 9.04. The zero-order valence-corrected chi connectivity index (χ0v) is 15.3. The van der Waals surface area contributed by atoms with Gasteiger partial charge in [0.2, 0.25) is 0 Å². The summed E-state index contributed by atoms with van der Waals surface area (Å²) in [6, 6.07) is 8.24.